The number of thiophene rings is 1. The second kappa shape index (κ2) is 10.9. The van der Waals surface area contributed by atoms with Crippen LogP contribution in [-0.4, -0.2) is 0 Å². The number of anilines is 3. The molecule has 238 valence electrons. The lowest BCUT2D eigenvalue weighted by Crippen LogP contribution is -2.17. The molecule has 0 saturated carbocycles. The summed E-state index contributed by atoms with van der Waals surface area (Å²) in [6.45, 7) is 11.7. The molecule has 49 heavy (non-hydrogen) atoms. The molecule has 0 unspecified atom stereocenters. The van der Waals surface area contributed by atoms with Crippen LogP contribution in [0.25, 0.3) is 53.2 Å². The zero-order chi connectivity index (χ0) is 33.5. The van der Waals surface area contributed by atoms with Crippen LogP contribution in [0.5, 0.6) is 0 Å². The molecule has 1 aliphatic carbocycles. The summed E-state index contributed by atoms with van der Waals surface area (Å²) in [7, 11) is 0. The van der Waals surface area contributed by atoms with Gasteiger partial charge in [-0.15, -0.1) is 11.3 Å². The van der Waals surface area contributed by atoms with E-state index in [0.717, 1.165) is 5.69 Å². The first kappa shape index (κ1) is 29.9. The van der Waals surface area contributed by atoms with Crippen molar-refractivity contribution in [2.45, 2.75) is 45.4 Å². The Kier molecular flexibility index (Phi) is 6.67. The lowest BCUT2D eigenvalue weighted by atomic mass is 9.79. The van der Waals surface area contributed by atoms with Crippen LogP contribution in [0.3, 0.4) is 0 Å². The van der Waals surface area contributed by atoms with Gasteiger partial charge >= 0.3 is 0 Å². The van der Waals surface area contributed by atoms with Crippen LogP contribution < -0.4 is 4.90 Å². The van der Waals surface area contributed by atoms with Crippen molar-refractivity contribution in [2.75, 3.05) is 4.90 Å². The molecule has 0 saturated heterocycles. The summed E-state index contributed by atoms with van der Waals surface area (Å²) in [6.07, 6.45) is 0. The molecule has 2 heteroatoms. The van der Waals surface area contributed by atoms with Gasteiger partial charge in [0.2, 0.25) is 0 Å². The second-order valence-corrected chi connectivity index (χ2v) is 16.1. The average molecular weight is 650 g/mol. The second-order valence-electron chi connectivity index (χ2n) is 15.0. The number of para-hydroxylation sites is 1. The average Bonchev–Trinajstić information content (AvgIpc) is 3.60. The van der Waals surface area contributed by atoms with Crippen LogP contribution in [-0.2, 0) is 10.8 Å². The van der Waals surface area contributed by atoms with Crippen LogP contribution in [0.1, 0.15) is 51.3 Å². The summed E-state index contributed by atoms with van der Waals surface area (Å²) in [5.41, 5.74) is 12.9. The molecule has 0 fully saturated rings. The predicted octanol–water partition coefficient (Wildman–Crippen LogP) is 13.9. The predicted molar refractivity (Wildman–Crippen MR) is 213 cm³/mol. The van der Waals surface area contributed by atoms with Crippen molar-refractivity contribution in [3.05, 3.63) is 162 Å². The molecule has 0 radical (unpaired) electrons. The van der Waals surface area contributed by atoms with Crippen LogP contribution >= 0.6 is 11.3 Å². The fourth-order valence-electron chi connectivity index (χ4n) is 8.04. The van der Waals surface area contributed by atoms with Crippen LogP contribution in [0.2, 0.25) is 0 Å². The maximum atomic E-state index is 2.49. The molecular formula is C47H39NS. The molecule has 0 spiro atoms. The Hall–Kier alpha value is -5.18. The van der Waals surface area contributed by atoms with Gasteiger partial charge in [-0.1, -0.05) is 150 Å². The standard InChI is InChI=1S/C47H39NS/c1-46(2,3)31-24-26-38-40(28-31)47(4,5)39-20-13-19-37(45(38)39)34-17-8-10-21-42(34)48(41-22-12-15-30-14-6-7-16-33(30)41)32-25-27-36-35-18-9-11-23-43(35)49-44(36)29-32/h6-29H,1-5H3. The Labute approximate surface area is 293 Å². The normalized spacial score (nSPS) is 13.6. The number of nitrogens with zero attached hydrogens (tertiary/aromatic N) is 1. The molecule has 0 N–H and O–H groups in total. The fraction of sp³-hybridized carbons (Fsp3) is 0.149. The first-order chi connectivity index (χ1) is 23.7. The minimum Gasteiger partial charge on any atom is -0.309 e. The zero-order valence-corrected chi connectivity index (χ0v) is 29.5. The first-order valence-corrected chi connectivity index (χ1v) is 18.1. The lowest BCUT2D eigenvalue weighted by molar-refractivity contribution is 0.584. The topological polar surface area (TPSA) is 3.24 Å². The number of hydrogen-bond donors (Lipinski definition) is 0. The van der Waals surface area contributed by atoms with Gasteiger partial charge < -0.3 is 4.90 Å². The summed E-state index contributed by atoms with van der Waals surface area (Å²) in [6, 6.07) is 54.3. The van der Waals surface area contributed by atoms with Gasteiger partial charge in [0.25, 0.3) is 0 Å². The van der Waals surface area contributed by atoms with Crippen LogP contribution in [0, 0.1) is 0 Å². The maximum Gasteiger partial charge on any atom is 0.0540 e. The Morgan fingerprint density at radius 1 is 0.510 bits per heavy atom. The summed E-state index contributed by atoms with van der Waals surface area (Å²) < 4.78 is 2.62. The molecule has 9 rings (SSSR count). The fourth-order valence-corrected chi connectivity index (χ4v) is 9.18. The van der Waals surface area contributed by atoms with Crippen molar-refractivity contribution < 1.29 is 0 Å². The van der Waals surface area contributed by atoms with E-state index in [9.17, 15) is 0 Å². The SMILES string of the molecule is CC(C)(C)c1ccc2c(c1)C(C)(C)c1cccc(-c3ccccc3N(c3ccc4c(c3)sc3ccccc34)c3cccc4ccccc34)c1-2. The summed E-state index contributed by atoms with van der Waals surface area (Å²) >= 11 is 1.87. The smallest absolute Gasteiger partial charge is 0.0540 e. The molecule has 1 nitrogen and oxygen atoms in total. The van der Waals surface area contributed by atoms with E-state index in [1.807, 2.05) is 11.3 Å². The van der Waals surface area contributed by atoms with Crippen molar-refractivity contribution in [2.24, 2.45) is 0 Å². The quantitative estimate of drug-likeness (QED) is 0.183. The third-order valence-electron chi connectivity index (χ3n) is 10.6. The molecule has 0 atom stereocenters. The van der Waals surface area contributed by atoms with Gasteiger partial charge in [0.15, 0.2) is 0 Å². The molecule has 0 bridgehead atoms. The maximum absolute atomic E-state index is 2.49. The third kappa shape index (κ3) is 4.65. The molecule has 1 aromatic heterocycles. The van der Waals surface area contributed by atoms with E-state index >= 15 is 0 Å². The summed E-state index contributed by atoms with van der Waals surface area (Å²) in [5.74, 6) is 0. The van der Waals surface area contributed by atoms with E-state index in [1.165, 1.54) is 81.3 Å². The van der Waals surface area contributed by atoms with Crippen molar-refractivity contribution >= 4 is 59.3 Å². The van der Waals surface area contributed by atoms with Gasteiger partial charge in [0.1, 0.15) is 0 Å². The van der Waals surface area contributed by atoms with Crippen molar-refractivity contribution in [3.8, 4) is 22.3 Å². The van der Waals surface area contributed by atoms with Gasteiger partial charge in [-0.25, -0.2) is 0 Å². The molecule has 8 aromatic rings. The first-order valence-electron chi connectivity index (χ1n) is 17.3. The Bertz CT molecular complexity index is 2570. The number of hydrogen-bond acceptors (Lipinski definition) is 2. The summed E-state index contributed by atoms with van der Waals surface area (Å²) in [5, 5.41) is 5.10. The van der Waals surface area contributed by atoms with Gasteiger partial charge in [0, 0.05) is 42.2 Å². The van der Waals surface area contributed by atoms with E-state index in [-0.39, 0.29) is 10.8 Å². The third-order valence-corrected chi connectivity index (χ3v) is 11.8. The van der Waals surface area contributed by atoms with Crippen molar-refractivity contribution in [1.82, 2.24) is 0 Å². The van der Waals surface area contributed by atoms with Gasteiger partial charge in [0.05, 0.1) is 11.4 Å². The number of fused-ring (bicyclic) bond motifs is 7. The molecule has 7 aromatic carbocycles. The monoisotopic (exact) mass is 649 g/mol. The van der Waals surface area contributed by atoms with E-state index in [1.54, 1.807) is 0 Å². The van der Waals surface area contributed by atoms with Gasteiger partial charge in [-0.3, -0.25) is 0 Å². The van der Waals surface area contributed by atoms with Gasteiger partial charge in [-0.2, -0.15) is 0 Å². The lowest BCUT2D eigenvalue weighted by Gasteiger charge is -2.29. The largest absolute Gasteiger partial charge is 0.309 e. The minimum absolute atomic E-state index is 0.0871. The van der Waals surface area contributed by atoms with Crippen LogP contribution in [0.4, 0.5) is 17.1 Å². The van der Waals surface area contributed by atoms with Gasteiger partial charge in [-0.05, 0) is 74.5 Å². The molecule has 1 heterocycles. The highest BCUT2D eigenvalue weighted by atomic mass is 32.1. The van der Waals surface area contributed by atoms with E-state index in [4.69, 9.17) is 0 Å². The molecule has 0 aliphatic heterocycles. The molecule has 0 amide bonds. The van der Waals surface area contributed by atoms with Crippen molar-refractivity contribution in [1.29, 1.82) is 0 Å². The minimum atomic E-state index is -0.0988. The Morgan fingerprint density at radius 3 is 2.04 bits per heavy atom. The zero-order valence-electron chi connectivity index (χ0n) is 28.7. The Balaban J connectivity index is 1.31. The summed E-state index contributed by atoms with van der Waals surface area (Å²) in [4.78, 5) is 2.49. The Morgan fingerprint density at radius 2 is 1.18 bits per heavy atom. The highest BCUT2D eigenvalue weighted by Crippen LogP contribution is 2.55. The highest BCUT2D eigenvalue weighted by Gasteiger charge is 2.38. The van der Waals surface area contributed by atoms with E-state index in [2.05, 4.69) is 185 Å². The van der Waals surface area contributed by atoms with Crippen LogP contribution in [0.15, 0.2) is 146 Å². The van der Waals surface area contributed by atoms with E-state index < -0.39 is 0 Å². The van der Waals surface area contributed by atoms with E-state index in [0.29, 0.717) is 0 Å². The molecule has 1 aliphatic rings. The van der Waals surface area contributed by atoms with Crippen molar-refractivity contribution in [3.63, 3.8) is 0 Å². The number of rotatable bonds is 4. The number of benzene rings is 7. The molecular weight excluding hydrogens is 611 g/mol. The highest BCUT2D eigenvalue weighted by molar-refractivity contribution is 7.25.